The van der Waals surface area contributed by atoms with Crippen LogP contribution in [0.4, 0.5) is 5.69 Å². The van der Waals surface area contributed by atoms with Gasteiger partial charge in [-0.1, -0.05) is 0 Å². The largest absolute Gasteiger partial charge is 0.314 e. The van der Waals surface area contributed by atoms with Crippen LogP contribution in [0.25, 0.3) is 0 Å². The lowest BCUT2D eigenvalue weighted by molar-refractivity contribution is 1.02. The molecule has 0 heterocycles. The van der Waals surface area contributed by atoms with Gasteiger partial charge in [0.2, 0.25) is 0 Å². The van der Waals surface area contributed by atoms with Crippen molar-refractivity contribution in [2.75, 3.05) is 12.1 Å². The number of hydrogen-bond acceptors (Lipinski definition) is 3. The lowest BCUT2D eigenvalue weighted by atomic mass is 10.2. The number of anilines is 1. The number of hydrogen-bond donors (Lipinski definition) is 1. The van der Waals surface area contributed by atoms with Crippen molar-refractivity contribution in [3.63, 3.8) is 0 Å². The van der Waals surface area contributed by atoms with E-state index in [1.54, 1.807) is 31.3 Å². The van der Waals surface area contributed by atoms with Crippen LogP contribution in [0, 0.1) is 11.3 Å². The molecular formula is C8H9N3. The molecule has 1 aromatic carbocycles. The summed E-state index contributed by atoms with van der Waals surface area (Å²) in [4.78, 5) is 0. The highest BCUT2D eigenvalue weighted by Crippen LogP contribution is 2.09. The average molecular weight is 147 g/mol. The topological polar surface area (TPSA) is 53.0 Å². The lowest BCUT2D eigenvalue weighted by Gasteiger charge is -2.10. The van der Waals surface area contributed by atoms with Gasteiger partial charge in [-0.25, -0.2) is 5.84 Å². The molecule has 3 nitrogen and oxygen atoms in total. The monoisotopic (exact) mass is 147 g/mol. The summed E-state index contributed by atoms with van der Waals surface area (Å²) in [6.45, 7) is 0. The SMILES string of the molecule is CN(N)c1ccc(C#N)cc1. The molecule has 0 aromatic heterocycles. The Hall–Kier alpha value is -1.53. The molecule has 0 bridgehead atoms. The summed E-state index contributed by atoms with van der Waals surface area (Å²) >= 11 is 0. The zero-order valence-electron chi connectivity index (χ0n) is 6.28. The van der Waals surface area contributed by atoms with Gasteiger partial charge in [0.25, 0.3) is 0 Å². The summed E-state index contributed by atoms with van der Waals surface area (Å²) in [5.41, 5.74) is 1.54. The van der Waals surface area contributed by atoms with Gasteiger partial charge in [-0.2, -0.15) is 5.26 Å². The van der Waals surface area contributed by atoms with Crippen LogP contribution in [0.2, 0.25) is 0 Å². The Morgan fingerprint density at radius 3 is 2.27 bits per heavy atom. The van der Waals surface area contributed by atoms with E-state index in [-0.39, 0.29) is 0 Å². The Balaban J connectivity index is 2.94. The van der Waals surface area contributed by atoms with E-state index in [2.05, 4.69) is 0 Å². The predicted octanol–water partition coefficient (Wildman–Crippen LogP) is 0.868. The standard InChI is InChI=1S/C8H9N3/c1-11(10)8-4-2-7(6-9)3-5-8/h2-5H,10H2,1H3. The summed E-state index contributed by atoms with van der Waals surface area (Å²) in [7, 11) is 1.75. The fourth-order valence-electron chi connectivity index (χ4n) is 0.771. The summed E-state index contributed by atoms with van der Waals surface area (Å²) in [6.07, 6.45) is 0. The number of nitrogens with two attached hydrogens (primary N) is 1. The normalized spacial score (nSPS) is 8.82. The van der Waals surface area contributed by atoms with Crippen LogP contribution < -0.4 is 10.9 Å². The second-order valence-electron chi connectivity index (χ2n) is 2.27. The minimum absolute atomic E-state index is 0.649. The third-order valence-corrected chi connectivity index (χ3v) is 1.40. The highest BCUT2D eigenvalue weighted by Gasteiger charge is 1.93. The summed E-state index contributed by atoms with van der Waals surface area (Å²) < 4.78 is 0. The average Bonchev–Trinajstić information content (AvgIpc) is 2.05. The van der Waals surface area contributed by atoms with Crippen LogP contribution in [-0.2, 0) is 0 Å². The van der Waals surface area contributed by atoms with Gasteiger partial charge in [0.1, 0.15) is 0 Å². The quantitative estimate of drug-likeness (QED) is 0.473. The highest BCUT2D eigenvalue weighted by atomic mass is 15.4. The third kappa shape index (κ3) is 1.69. The van der Waals surface area contributed by atoms with Gasteiger partial charge in [0, 0.05) is 7.05 Å². The van der Waals surface area contributed by atoms with Crippen molar-refractivity contribution in [1.82, 2.24) is 0 Å². The molecule has 0 atom stereocenters. The molecule has 0 saturated heterocycles. The maximum Gasteiger partial charge on any atom is 0.0991 e. The van der Waals surface area contributed by atoms with E-state index in [1.807, 2.05) is 6.07 Å². The molecule has 0 saturated carbocycles. The van der Waals surface area contributed by atoms with Crippen LogP contribution in [0.5, 0.6) is 0 Å². The molecule has 0 unspecified atom stereocenters. The number of nitriles is 1. The second kappa shape index (κ2) is 3.04. The Morgan fingerprint density at radius 2 is 1.91 bits per heavy atom. The maximum atomic E-state index is 8.47. The molecule has 0 fully saturated rings. The first-order valence-corrected chi connectivity index (χ1v) is 3.22. The minimum Gasteiger partial charge on any atom is -0.314 e. The van der Waals surface area contributed by atoms with E-state index in [4.69, 9.17) is 11.1 Å². The van der Waals surface area contributed by atoms with E-state index in [0.717, 1.165) is 5.69 Å². The first-order valence-electron chi connectivity index (χ1n) is 3.22. The number of benzene rings is 1. The van der Waals surface area contributed by atoms with Crippen LogP contribution in [0.15, 0.2) is 24.3 Å². The summed E-state index contributed by atoms with van der Waals surface area (Å²) in [5, 5.41) is 9.97. The molecule has 1 rings (SSSR count). The van der Waals surface area contributed by atoms with E-state index in [9.17, 15) is 0 Å². The van der Waals surface area contributed by atoms with Crippen molar-refractivity contribution in [1.29, 1.82) is 5.26 Å². The number of nitrogens with zero attached hydrogens (tertiary/aromatic N) is 2. The molecular weight excluding hydrogens is 138 g/mol. The minimum atomic E-state index is 0.649. The molecule has 2 N–H and O–H groups in total. The van der Waals surface area contributed by atoms with Gasteiger partial charge in [-0.3, -0.25) is 0 Å². The van der Waals surface area contributed by atoms with Gasteiger partial charge in [-0.05, 0) is 24.3 Å². The lowest BCUT2D eigenvalue weighted by Crippen LogP contribution is -2.24. The Bertz CT molecular complexity index is 268. The van der Waals surface area contributed by atoms with Crippen molar-refractivity contribution < 1.29 is 0 Å². The molecule has 1 aromatic rings. The van der Waals surface area contributed by atoms with E-state index < -0.39 is 0 Å². The zero-order chi connectivity index (χ0) is 8.27. The predicted molar refractivity (Wildman–Crippen MR) is 43.7 cm³/mol. The Kier molecular flexibility index (Phi) is 2.09. The maximum absolute atomic E-state index is 8.47. The van der Waals surface area contributed by atoms with Gasteiger partial charge in [0.05, 0.1) is 17.3 Å². The molecule has 56 valence electrons. The summed E-state index contributed by atoms with van der Waals surface area (Å²) in [6, 6.07) is 9.11. The van der Waals surface area contributed by atoms with Crippen LogP contribution in [-0.4, -0.2) is 7.05 Å². The van der Waals surface area contributed by atoms with Crippen LogP contribution in [0.1, 0.15) is 5.56 Å². The first kappa shape index (κ1) is 7.58. The Morgan fingerprint density at radius 1 is 1.36 bits per heavy atom. The van der Waals surface area contributed by atoms with Crippen molar-refractivity contribution >= 4 is 5.69 Å². The first-order chi connectivity index (χ1) is 5.24. The van der Waals surface area contributed by atoms with Gasteiger partial charge >= 0.3 is 0 Å². The van der Waals surface area contributed by atoms with E-state index in [1.165, 1.54) is 5.01 Å². The van der Waals surface area contributed by atoms with Crippen LogP contribution >= 0.6 is 0 Å². The highest BCUT2D eigenvalue weighted by molar-refractivity contribution is 5.47. The second-order valence-corrected chi connectivity index (χ2v) is 2.27. The molecule has 0 amide bonds. The van der Waals surface area contributed by atoms with Crippen molar-refractivity contribution in [3.05, 3.63) is 29.8 Å². The fraction of sp³-hybridized carbons (Fsp3) is 0.125. The van der Waals surface area contributed by atoms with Crippen molar-refractivity contribution in [2.45, 2.75) is 0 Å². The van der Waals surface area contributed by atoms with E-state index in [0.29, 0.717) is 5.56 Å². The molecule has 0 aliphatic rings. The third-order valence-electron chi connectivity index (χ3n) is 1.40. The van der Waals surface area contributed by atoms with E-state index >= 15 is 0 Å². The zero-order valence-corrected chi connectivity index (χ0v) is 6.28. The smallest absolute Gasteiger partial charge is 0.0991 e. The molecule has 0 radical (unpaired) electrons. The Labute approximate surface area is 65.6 Å². The molecule has 11 heavy (non-hydrogen) atoms. The van der Waals surface area contributed by atoms with Crippen molar-refractivity contribution in [3.8, 4) is 6.07 Å². The fourth-order valence-corrected chi connectivity index (χ4v) is 0.771. The molecule has 0 aliphatic heterocycles. The molecule has 0 spiro atoms. The number of rotatable bonds is 1. The van der Waals surface area contributed by atoms with Gasteiger partial charge in [0.15, 0.2) is 0 Å². The number of hydrazine groups is 1. The van der Waals surface area contributed by atoms with Crippen molar-refractivity contribution in [2.24, 2.45) is 5.84 Å². The van der Waals surface area contributed by atoms with Gasteiger partial charge in [-0.15, -0.1) is 0 Å². The molecule has 3 heteroatoms. The van der Waals surface area contributed by atoms with Gasteiger partial charge < -0.3 is 5.01 Å². The summed E-state index contributed by atoms with van der Waals surface area (Å²) in [5.74, 6) is 5.46. The molecule has 0 aliphatic carbocycles. The van der Waals surface area contributed by atoms with Crippen LogP contribution in [0.3, 0.4) is 0 Å².